The molecule has 0 bridgehead atoms. The van der Waals surface area contributed by atoms with Crippen molar-refractivity contribution in [3.8, 4) is 0 Å². The van der Waals surface area contributed by atoms with Crippen LogP contribution < -0.4 is 0 Å². The summed E-state index contributed by atoms with van der Waals surface area (Å²) in [5, 5.41) is 7.79. The minimum Gasteiger partial charge on any atom is -0.444 e. The maximum atomic E-state index is 14.3. The van der Waals surface area contributed by atoms with Gasteiger partial charge in [-0.3, -0.25) is 19.2 Å². The normalized spacial score (nSPS) is 13.8. The number of rotatable bonds is 4. The van der Waals surface area contributed by atoms with Gasteiger partial charge in [0.15, 0.2) is 23.1 Å². The van der Waals surface area contributed by atoms with E-state index < -0.39 is 6.09 Å². The van der Waals surface area contributed by atoms with Crippen LogP contribution in [0.5, 0.6) is 0 Å². The third-order valence-electron chi connectivity index (χ3n) is 12.4. The zero-order chi connectivity index (χ0) is 43.0. The molecule has 0 amide bonds. The first-order valence-corrected chi connectivity index (χ1v) is 23.0. The number of fused-ring (bicyclic) bond motifs is 11. The fourth-order valence-electron chi connectivity index (χ4n) is 9.29. The van der Waals surface area contributed by atoms with E-state index in [0.29, 0.717) is 43.0 Å². The summed E-state index contributed by atoms with van der Waals surface area (Å²) in [6.45, 7) is 0.0535. The first-order chi connectivity index (χ1) is 31.2. The lowest BCUT2D eigenvalue weighted by atomic mass is 9.99. The van der Waals surface area contributed by atoms with Crippen LogP contribution in [0.4, 0.5) is 4.79 Å². The van der Waals surface area contributed by atoms with Crippen molar-refractivity contribution in [2.45, 2.75) is 6.61 Å². The number of carbonyl (C=O) groups excluding carboxylic acids is 5. The number of ether oxygens (including phenoxy) is 1. The maximum Gasteiger partial charge on any atom is 0.419 e. The number of carbonyl (C=O) groups is 5. The monoisotopic (exact) mass is 881 g/mol. The molecule has 4 heterocycles. The van der Waals surface area contributed by atoms with Crippen molar-refractivity contribution in [3.63, 3.8) is 0 Å². The van der Waals surface area contributed by atoms with Crippen LogP contribution >= 0.6 is 34.0 Å². The molecule has 2 aliphatic carbocycles. The van der Waals surface area contributed by atoms with Gasteiger partial charge in [0.2, 0.25) is 0 Å². The van der Waals surface area contributed by atoms with Crippen molar-refractivity contribution in [1.82, 2.24) is 4.57 Å². The van der Waals surface area contributed by atoms with Crippen molar-refractivity contribution in [2.24, 2.45) is 0 Å². The van der Waals surface area contributed by atoms with E-state index in [2.05, 4.69) is 0 Å². The zero-order valence-corrected chi connectivity index (χ0v) is 35.7. The molecule has 11 aromatic rings. The van der Waals surface area contributed by atoms with E-state index in [9.17, 15) is 24.0 Å². The molecule has 10 heteroatoms. The topological polar surface area (TPSA) is 99.5 Å². The number of Topliss-reactive ketones (excluding diaryl/α,β-unsaturated/α-hetero) is 4. The molecule has 13 rings (SSSR count). The molecule has 4 aromatic heterocycles. The summed E-state index contributed by atoms with van der Waals surface area (Å²) in [4.78, 5) is 71.2. The Morgan fingerprint density at radius 1 is 0.469 bits per heavy atom. The van der Waals surface area contributed by atoms with Crippen molar-refractivity contribution < 1.29 is 28.7 Å². The summed E-state index contributed by atoms with van der Waals surface area (Å²) < 4.78 is 10.9. The molecule has 0 saturated heterocycles. The summed E-state index contributed by atoms with van der Waals surface area (Å²) in [5.41, 5.74) is 3.84. The molecule has 0 spiro atoms. The van der Waals surface area contributed by atoms with Crippen molar-refractivity contribution in [3.05, 3.63) is 188 Å². The van der Waals surface area contributed by atoms with Gasteiger partial charge >= 0.3 is 6.09 Å². The molecule has 2 aliphatic rings. The van der Waals surface area contributed by atoms with Crippen LogP contribution in [-0.2, 0) is 11.3 Å². The molecule has 0 N–H and O–H groups in total. The SMILES string of the molecule is O=C1C(=Cc2cc3c(s2)c2sc4cc(C=C5C(=O)c6cc7cc8ccccc8cc7cc6C5=O)sc4c2n3C(=O)OCc2ccccc2)C(=O)c2cc3cc4ccccc4cc3cc21. The largest absolute Gasteiger partial charge is 0.444 e. The second kappa shape index (κ2) is 13.7. The fraction of sp³-hybridized carbons (Fsp3) is 0.0185. The minimum absolute atomic E-state index is 0.0535. The molecule has 0 atom stereocenters. The predicted octanol–water partition coefficient (Wildman–Crippen LogP) is 13.9. The van der Waals surface area contributed by atoms with Crippen molar-refractivity contribution >= 4 is 148 Å². The first kappa shape index (κ1) is 37.0. The number of benzene rings is 7. The molecule has 0 aliphatic heterocycles. The maximum absolute atomic E-state index is 14.3. The van der Waals surface area contributed by atoms with Gasteiger partial charge in [-0.25, -0.2) is 9.36 Å². The van der Waals surface area contributed by atoms with E-state index in [-0.39, 0.29) is 40.9 Å². The van der Waals surface area contributed by atoms with Crippen molar-refractivity contribution in [1.29, 1.82) is 0 Å². The molecule has 0 saturated carbocycles. The average molecular weight is 882 g/mol. The van der Waals surface area contributed by atoms with Gasteiger partial charge in [0.25, 0.3) is 0 Å². The van der Waals surface area contributed by atoms with Crippen LogP contribution in [0.2, 0.25) is 0 Å². The van der Waals surface area contributed by atoms with E-state index in [4.69, 9.17) is 4.74 Å². The molecule has 7 aromatic carbocycles. The molecular weight excluding hydrogens is 855 g/mol. The highest BCUT2D eigenvalue weighted by atomic mass is 32.1. The van der Waals surface area contributed by atoms with Crippen LogP contribution in [-0.4, -0.2) is 33.8 Å². The van der Waals surface area contributed by atoms with E-state index in [1.807, 2.05) is 140 Å². The van der Waals surface area contributed by atoms with E-state index in [0.717, 1.165) is 67.5 Å². The molecule has 64 heavy (non-hydrogen) atoms. The van der Waals surface area contributed by atoms with Gasteiger partial charge in [-0.1, -0.05) is 78.9 Å². The molecule has 0 radical (unpaired) electrons. The van der Waals surface area contributed by atoms with Crippen LogP contribution in [0.1, 0.15) is 56.7 Å². The molecule has 0 fully saturated rings. The summed E-state index contributed by atoms with van der Waals surface area (Å²) in [6.07, 6.45) is 2.73. The Kier molecular flexibility index (Phi) is 7.90. The third kappa shape index (κ3) is 5.53. The van der Waals surface area contributed by atoms with Crippen molar-refractivity contribution in [2.75, 3.05) is 0 Å². The standard InChI is InChI=1S/C54H27NO6S3/c56-47-38-18-32-14-28-10-4-5-11-29(28)15-33(32)19-39(38)48(57)42(47)22-36-24-44-51(62-36)53-46(55(44)54(60)61-26-27-8-2-1-3-9-27)52-45(64-53)25-37(63-52)23-43-49(58)40-20-34-16-30-12-6-7-13-31(30)17-35(34)21-41(40)50(43)59/h1-25H,26H2. The van der Waals surface area contributed by atoms with Crippen LogP contribution in [0.25, 0.3) is 85.1 Å². The highest BCUT2D eigenvalue weighted by Crippen LogP contribution is 2.48. The quantitative estimate of drug-likeness (QED) is 0.0991. The lowest BCUT2D eigenvalue weighted by Crippen LogP contribution is -2.13. The summed E-state index contributed by atoms with van der Waals surface area (Å²) >= 11 is 4.31. The Labute approximate surface area is 374 Å². The van der Waals surface area contributed by atoms with Crippen LogP contribution in [0.3, 0.4) is 0 Å². The predicted molar refractivity (Wildman–Crippen MR) is 259 cm³/mol. The average Bonchev–Trinajstić information content (AvgIpc) is 4.13. The Hall–Kier alpha value is -7.63. The Bertz CT molecular complexity index is 3910. The molecule has 0 unspecified atom stereocenters. The van der Waals surface area contributed by atoms with Crippen LogP contribution in [0, 0.1) is 0 Å². The van der Waals surface area contributed by atoms with E-state index in [1.54, 1.807) is 16.7 Å². The third-order valence-corrected chi connectivity index (χ3v) is 15.9. The fourth-order valence-corrected chi connectivity index (χ4v) is 13.1. The summed E-state index contributed by atoms with van der Waals surface area (Å²) in [5.74, 6) is -1.27. The second-order valence-electron chi connectivity index (χ2n) is 16.2. The molecule has 7 nitrogen and oxygen atoms in total. The van der Waals surface area contributed by atoms with Crippen LogP contribution in [0.15, 0.2) is 151 Å². The highest BCUT2D eigenvalue weighted by molar-refractivity contribution is 7.36. The Morgan fingerprint density at radius 2 is 0.906 bits per heavy atom. The molecular formula is C54H27NO6S3. The Morgan fingerprint density at radius 3 is 1.39 bits per heavy atom. The second-order valence-corrected chi connectivity index (χ2v) is 19.4. The van der Waals surface area contributed by atoms with E-state index >= 15 is 0 Å². The zero-order valence-electron chi connectivity index (χ0n) is 33.3. The molecule has 302 valence electrons. The number of allylic oxidation sites excluding steroid dienone is 2. The highest BCUT2D eigenvalue weighted by Gasteiger charge is 2.36. The number of nitrogens with zero attached hydrogens (tertiary/aromatic N) is 1. The lowest BCUT2D eigenvalue weighted by molar-refractivity contribution is 0.0975. The summed E-state index contributed by atoms with van der Waals surface area (Å²) in [7, 11) is 0. The number of ketones is 4. The lowest BCUT2D eigenvalue weighted by Gasteiger charge is -2.07. The van der Waals surface area contributed by atoms with Gasteiger partial charge in [0, 0.05) is 36.7 Å². The Balaban J connectivity index is 0.896. The van der Waals surface area contributed by atoms with Gasteiger partial charge < -0.3 is 4.74 Å². The smallest absolute Gasteiger partial charge is 0.419 e. The van der Waals surface area contributed by atoms with Gasteiger partial charge in [-0.05, 0) is 121 Å². The van der Waals surface area contributed by atoms with Gasteiger partial charge in [-0.15, -0.1) is 34.0 Å². The minimum atomic E-state index is -0.579. The van der Waals surface area contributed by atoms with E-state index in [1.165, 1.54) is 34.0 Å². The van der Waals surface area contributed by atoms with Gasteiger partial charge in [0.05, 0.1) is 36.3 Å². The number of hydrogen-bond donors (Lipinski definition) is 0. The number of thiophene rings is 3. The number of aromatic nitrogens is 1. The summed E-state index contributed by atoms with van der Waals surface area (Å²) in [6, 6.07) is 44.7. The van der Waals surface area contributed by atoms with Gasteiger partial charge in [-0.2, -0.15) is 0 Å². The van der Waals surface area contributed by atoms with Gasteiger partial charge in [0.1, 0.15) is 6.61 Å². The first-order valence-electron chi connectivity index (χ1n) is 20.5. The number of hydrogen-bond acceptors (Lipinski definition) is 9.